The van der Waals surface area contributed by atoms with Crippen LogP contribution in [-0.4, -0.2) is 39.7 Å². The molecule has 1 rings (SSSR count). The molecule has 0 saturated carbocycles. The molecule has 0 saturated heterocycles. The molecule has 0 aliphatic heterocycles. The average molecular weight is 282 g/mol. The third-order valence-corrected chi connectivity index (χ3v) is 3.15. The largest absolute Gasteiger partial charge is 0.503 e. The van der Waals surface area contributed by atoms with Crippen molar-refractivity contribution in [2.75, 3.05) is 14.1 Å². The van der Waals surface area contributed by atoms with Crippen molar-refractivity contribution in [2.24, 2.45) is 5.92 Å². The Labute approximate surface area is 118 Å². The Bertz CT molecular complexity index is 561. The van der Waals surface area contributed by atoms with E-state index in [1.807, 2.05) is 0 Å². The zero-order chi connectivity index (χ0) is 15.6. The Morgan fingerprint density at radius 3 is 2.35 bits per heavy atom. The number of aliphatic carboxylic acids is 1. The number of carboxylic acid groups (broad SMARTS) is 1. The molecular weight excluding hydrogens is 260 g/mol. The third-order valence-electron chi connectivity index (χ3n) is 3.15. The molecule has 0 radical (unpaired) electrons. The van der Waals surface area contributed by atoms with E-state index in [4.69, 9.17) is 0 Å². The molecule has 0 fully saturated rings. The second kappa shape index (κ2) is 6.09. The van der Waals surface area contributed by atoms with Crippen LogP contribution in [-0.2, 0) is 11.3 Å². The number of aromatic hydroxyl groups is 1. The van der Waals surface area contributed by atoms with Crippen molar-refractivity contribution in [2.45, 2.75) is 33.4 Å². The van der Waals surface area contributed by atoms with Gasteiger partial charge in [-0.1, -0.05) is 13.8 Å². The molecule has 6 nitrogen and oxygen atoms in total. The summed E-state index contributed by atoms with van der Waals surface area (Å²) in [4.78, 5) is 25.0. The minimum atomic E-state index is -0.980. The van der Waals surface area contributed by atoms with Crippen LogP contribution < -0.4 is 5.43 Å². The summed E-state index contributed by atoms with van der Waals surface area (Å²) >= 11 is 0. The average Bonchev–Trinajstić information content (AvgIpc) is 2.28. The van der Waals surface area contributed by atoms with Crippen LogP contribution in [0.5, 0.6) is 5.75 Å². The maximum Gasteiger partial charge on any atom is 0.326 e. The summed E-state index contributed by atoms with van der Waals surface area (Å²) in [5.74, 6) is -1.53. The predicted octanol–water partition coefficient (Wildman–Crippen LogP) is 1.21. The second-order valence-corrected chi connectivity index (χ2v) is 5.58. The number of aryl methyl sites for hydroxylation is 1. The highest BCUT2D eigenvalue weighted by Crippen LogP contribution is 2.26. The normalized spacial score (nSPS) is 12.9. The van der Waals surface area contributed by atoms with Gasteiger partial charge in [0.25, 0.3) is 0 Å². The van der Waals surface area contributed by atoms with Gasteiger partial charge in [-0.25, -0.2) is 4.79 Å². The van der Waals surface area contributed by atoms with Crippen molar-refractivity contribution in [3.8, 4) is 5.75 Å². The van der Waals surface area contributed by atoms with E-state index in [0.717, 1.165) is 0 Å². The number of hydrogen-bond acceptors (Lipinski definition) is 4. The van der Waals surface area contributed by atoms with E-state index in [1.54, 1.807) is 44.3 Å². The van der Waals surface area contributed by atoms with Gasteiger partial charge in [-0.05, 0) is 26.9 Å². The van der Waals surface area contributed by atoms with Gasteiger partial charge >= 0.3 is 5.97 Å². The fourth-order valence-electron chi connectivity index (χ4n) is 2.33. The molecule has 0 aliphatic carbocycles. The number of carboxylic acids is 1. The molecule has 112 valence electrons. The van der Waals surface area contributed by atoms with Crippen molar-refractivity contribution in [1.29, 1.82) is 0 Å². The van der Waals surface area contributed by atoms with Crippen molar-refractivity contribution in [3.63, 3.8) is 0 Å². The first-order chi connectivity index (χ1) is 9.16. The molecule has 1 aromatic heterocycles. The monoisotopic (exact) mass is 282 g/mol. The first-order valence-electron chi connectivity index (χ1n) is 6.48. The number of pyridine rings is 1. The second-order valence-electron chi connectivity index (χ2n) is 5.58. The summed E-state index contributed by atoms with van der Waals surface area (Å²) < 4.78 is 1.55. The lowest BCUT2D eigenvalue weighted by molar-refractivity contribution is -0.142. The highest BCUT2D eigenvalue weighted by atomic mass is 16.4. The van der Waals surface area contributed by atoms with Gasteiger partial charge in [-0.2, -0.15) is 0 Å². The van der Waals surface area contributed by atoms with E-state index >= 15 is 0 Å². The van der Waals surface area contributed by atoms with E-state index in [1.165, 1.54) is 6.07 Å². The SMILES string of the molecule is Cc1cc(=O)c(O)c(CN(C)C)n1C(C(=O)O)C(C)C. The molecule has 0 aromatic carbocycles. The Morgan fingerprint density at radius 1 is 1.40 bits per heavy atom. The first-order valence-corrected chi connectivity index (χ1v) is 6.48. The first kappa shape index (κ1) is 16.2. The zero-order valence-electron chi connectivity index (χ0n) is 12.5. The summed E-state index contributed by atoms with van der Waals surface area (Å²) in [5, 5.41) is 19.5. The highest BCUT2D eigenvalue weighted by Gasteiger charge is 2.28. The lowest BCUT2D eigenvalue weighted by Gasteiger charge is -2.27. The maximum absolute atomic E-state index is 11.7. The van der Waals surface area contributed by atoms with Crippen LogP contribution in [0.3, 0.4) is 0 Å². The standard InChI is InChI=1S/C14H22N2O4/c1-8(2)12(14(19)20)16-9(3)6-11(17)13(18)10(16)7-15(4)5/h6,8,12,18H,7H2,1-5H3,(H,19,20). The van der Waals surface area contributed by atoms with Gasteiger partial charge < -0.3 is 19.7 Å². The van der Waals surface area contributed by atoms with Crippen LogP contribution >= 0.6 is 0 Å². The van der Waals surface area contributed by atoms with Crippen LogP contribution in [0, 0.1) is 12.8 Å². The molecule has 0 aliphatic rings. The molecule has 0 bridgehead atoms. The van der Waals surface area contributed by atoms with Gasteiger partial charge in [-0.3, -0.25) is 4.79 Å². The minimum absolute atomic E-state index is 0.172. The Hall–Kier alpha value is -1.82. The van der Waals surface area contributed by atoms with Crippen molar-refractivity contribution >= 4 is 5.97 Å². The number of rotatable bonds is 5. The molecular formula is C14H22N2O4. The Kier molecular flexibility index (Phi) is 4.94. The van der Waals surface area contributed by atoms with Gasteiger partial charge in [-0.15, -0.1) is 0 Å². The van der Waals surface area contributed by atoms with Crippen LogP contribution in [0.4, 0.5) is 0 Å². The zero-order valence-corrected chi connectivity index (χ0v) is 12.5. The fraction of sp³-hybridized carbons (Fsp3) is 0.571. The fourth-order valence-corrected chi connectivity index (χ4v) is 2.33. The lowest BCUT2D eigenvalue weighted by atomic mass is 10.0. The number of carbonyl (C=O) groups is 1. The predicted molar refractivity (Wildman–Crippen MR) is 76.0 cm³/mol. The number of nitrogens with zero attached hydrogens (tertiary/aromatic N) is 2. The minimum Gasteiger partial charge on any atom is -0.503 e. The summed E-state index contributed by atoms with van der Waals surface area (Å²) in [6.45, 7) is 5.57. The Balaban J connectivity index is 3.62. The van der Waals surface area contributed by atoms with Crippen molar-refractivity contribution in [1.82, 2.24) is 9.47 Å². The quantitative estimate of drug-likeness (QED) is 0.848. The summed E-state index contributed by atoms with van der Waals surface area (Å²) in [6.07, 6.45) is 0. The lowest BCUT2D eigenvalue weighted by Crippen LogP contribution is -2.31. The third kappa shape index (κ3) is 3.19. The molecule has 1 heterocycles. The van der Waals surface area contributed by atoms with Gasteiger partial charge in [0.1, 0.15) is 6.04 Å². The van der Waals surface area contributed by atoms with Crippen LogP contribution in [0.2, 0.25) is 0 Å². The van der Waals surface area contributed by atoms with E-state index in [2.05, 4.69) is 0 Å². The van der Waals surface area contributed by atoms with Crippen LogP contribution in [0.1, 0.15) is 31.3 Å². The van der Waals surface area contributed by atoms with Crippen molar-refractivity contribution in [3.05, 3.63) is 27.7 Å². The molecule has 2 N–H and O–H groups in total. The summed E-state index contributed by atoms with van der Waals surface area (Å²) in [7, 11) is 3.59. The molecule has 1 atom stereocenters. The summed E-state index contributed by atoms with van der Waals surface area (Å²) in [6, 6.07) is 0.448. The van der Waals surface area contributed by atoms with E-state index < -0.39 is 17.4 Å². The molecule has 1 unspecified atom stereocenters. The van der Waals surface area contributed by atoms with Crippen LogP contribution in [0.15, 0.2) is 10.9 Å². The smallest absolute Gasteiger partial charge is 0.326 e. The number of hydrogen-bond donors (Lipinski definition) is 2. The van der Waals surface area contributed by atoms with Gasteiger partial charge in [0.15, 0.2) is 5.75 Å². The molecule has 0 spiro atoms. The highest BCUT2D eigenvalue weighted by molar-refractivity contribution is 5.72. The van der Waals surface area contributed by atoms with Gasteiger partial charge in [0.05, 0.1) is 5.69 Å². The van der Waals surface area contributed by atoms with Crippen molar-refractivity contribution < 1.29 is 15.0 Å². The van der Waals surface area contributed by atoms with Gasteiger partial charge in [0.2, 0.25) is 5.43 Å². The maximum atomic E-state index is 11.7. The Morgan fingerprint density at radius 2 is 1.95 bits per heavy atom. The van der Waals surface area contributed by atoms with E-state index in [9.17, 15) is 19.8 Å². The molecule has 20 heavy (non-hydrogen) atoms. The number of aromatic nitrogens is 1. The molecule has 0 amide bonds. The van der Waals surface area contributed by atoms with Crippen LogP contribution in [0.25, 0.3) is 0 Å². The molecule has 6 heteroatoms. The van der Waals surface area contributed by atoms with Gasteiger partial charge in [0, 0.05) is 18.3 Å². The van der Waals surface area contributed by atoms with E-state index in [0.29, 0.717) is 17.9 Å². The summed E-state index contributed by atoms with van der Waals surface area (Å²) in [5.41, 5.74) is 0.385. The topological polar surface area (TPSA) is 82.8 Å². The molecule has 1 aromatic rings. The van der Waals surface area contributed by atoms with E-state index in [-0.39, 0.29) is 11.7 Å².